The van der Waals surface area contributed by atoms with Crippen molar-refractivity contribution in [2.75, 3.05) is 18.0 Å². The molecule has 1 aliphatic carbocycles. The van der Waals surface area contributed by atoms with Crippen molar-refractivity contribution in [1.82, 2.24) is 4.98 Å². The first-order valence-electron chi connectivity index (χ1n) is 6.38. The molecule has 2 heterocycles. The molecule has 0 unspecified atom stereocenters. The molecule has 2 fully saturated rings. The van der Waals surface area contributed by atoms with Gasteiger partial charge >= 0.3 is 0 Å². The summed E-state index contributed by atoms with van der Waals surface area (Å²) in [5.41, 5.74) is 0.278. The lowest BCUT2D eigenvalue weighted by molar-refractivity contribution is -0.126. The highest BCUT2D eigenvalue weighted by Crippen LogP contribution is 2.40. The number of aromatic nitrogens is 1. The van der Waals surface area contributed by atoms with Crippen LogP contribution in [0.1, 0.15) is 31.2 Å². The van der Waals surface area contributed by atoms with Gasteiger partial charge in [0.15, 0.2) is 0 Å². The lowest BCUT2D eigenvalue weighted by Crippen LogP contribution is -2.40. The van der Waals surface area contributed by atoms with Gasteiger partial charge in [-0.2, -0.15) is 5.26 Å². The van der Waals surface area contributed by atoms with Crippen LogP contribution in [0.4, 0.5) is 5.82 Å². The number of hydrogen-bond donors (Lipinski definition) is 0. The van der Waals surface area contributed by atoms with Gasteiger partial charge in [-0.15, -0.1) is 0 Å². The van der Waals surface area contributed by atoms with E-state index in [1.54, 1.807) is 6.20 Å². The number of pyridine rings is 1. The summed E-state index contributed by atoms with van der Waals surface area (Å²) in [5, 5.41) is 9.25. The molecule has 1 aromatic rings. The number of Topliss-reactive ketones (excluding diaryl/α,β-unsaturated/α-hetero) is 1. The number of anilines is 1. The Morgan fingerprint density at radius 2 is 2.00 bits per heavy atom. The summed E-state index contributed by atoms with van der Waals surface area (Å²) in [7, 11) is 0. The van der Waals surface area contributed by atoms with Gasteiger partial charge in [0.25, 0.3) is 0 Å². The molecule has 0 N–H and O–H groups in total. The molecule has 1 aliphatic heterocycles. The fraction of sp³-hybridized carbons (Fsp3) is 0.500. The Kier molecular flexibility index (Phi) is 2.55. The van der Waals surface area contributed by atoms with Crippen molar-refractivity contribution in [3.05, 3.63) is 23.9 Å². The molecular weight excluding hydrogens is 226 g/mol. The zero-order valence-electron chi connectivity index (χ0n) is 10.2. The highest BCUT2D eigenvalue weighted by molar-refractivity contribution is 5.90. The summed E-state index contributed by atoms with van der Waals surface area (Å²) >= 11 is 0. The maximum atomic E-state index is 11.1. The summed E-state index contributed by atoms with van der Waals surface area (Å²) in [5.74, 6) is 1.15. The maximum absolute atomic E-state index is 11.1. The van der Waals surface area contributed by atoms with Crippen LogP contribution in [0, 0.1) is 11.3 Å². The van der Waals surface area contributed by atoms with Gasteiger partial charge in [0.05, 0.1) is 11.5 Å². The van der Waals surface area contributed by atoms with Gasteiger partial charge in [-0.05, 0) is 24.5 Å². The Bertz CT molecular complexity index is 501. The van der Waals surface area contributed by atoms with Gasteiger partial charge in [0.2, 0.25) is 0 Å². The van der Waals surface area contributed by atoms with E-state index in [2.05, 4.69) is 16.0 Å². The molecule has 1 saturated carbocycles. The van der Waals surface area contributed by atoms with Crippen LogP contribution in [0.3, 0.4) is 0 Å². The Morgan fingerprint density at radius 3 is 2.50 bits per heavy atom. The van der Waals surface area contributed by atoms with Gasteiger partial charge in [0.1, 0.15) is 11.6 Å². The molecule has 1 aromatic heterocycles. The first kappa shape index (κ1) is 11.2. The van der Waals surface area contributed by atoms with E-state index in [1.807, 2.05) is 12.1 Å². The highest BCUT2D eigenvalue weighted by Gasteiger charge is 2.45. The normalized spacial score (nSPS) is 21.5. The Balaban J connectivity index is 1.83. The van der Waals surface area contributed by atoms with Crippen LogP contribution in [0.2, 0.25) is 0 Å². The molecule has 3 rings (SSSR count). The van der Waals surface area contributed by atoms with Crippen molar-refractivity contribution in [1.29, 1.82) is 5.26 Å². The number of hydrogen-bond acceptors (Lipinski definition) is 4. The van der Waals surface area contributed by atoms with E-state index in [4.69, 9.17) is 0 Å². The fourth-order valence-electron chi connectivity index (χ4n) is 2.77. The SMILES string of the molecule is N#CC1(c2ccc(N3CCCC3)nc2)CC(=O)C1. The molecular formula is C14H15N3O. The average Bonchev–Trinajstić information content (AvgIpc) is 2.89. The Morgan fingerprint density at radius 1 is 1.28 bits per heavy atom. The van der Waals surface area contributed by atoms with Gasteiger partial charge in [0, 0.05) is 32.1 Å². The van der Waals surface area contributed by atoms with Gasteiger partial charge in [-0.3, -0.25) is 4.79 Å². The van der Waals surface area contributed by atoms with E-state index >= 15 is 0 Å². The molecule has 0 aromatic carbocycles. The van der Waals surface area contributed by atoms with Crippen molar-refractivity contribution in [2.24, 2.45) is 0 Å². The van der Waals surface area contributed by atoms with E-state index in [9.17, 15) is 10.1 Å². The van der Waals surface area contributed by atoms with Gasteiger partial charge < -0.3 is 4.90 Å². The fourth-order valence-corrected chi connectivity index (χ4v) is 2.77. The number of nitriles is 1. The maximum Gasteiger partial charge on any atom is 0.136 e. The van der Waals surface area contributed by atoms with E-state index in [0.29, 0.717) is 12.8 Å². The summed E-state index contributed by atoms with van der Waals surface area (Å²) in [6, 6.07) is 6.21. The second-order valence-electron chi connectivity index (χ2n) is 5.19. The molecule has 0 bridgehead atoms. The predicted octanol–water partition coefficient (Wildman–Crippen LogP) is 1.81. The molecule has 0 spiro atoms. The van der Waals surface area contributed by atoms with E-state index in [-0.39, 0.29) is 5.78 Å². The minimum atomic E-state index is -0.604. The van der Waals surface area contributed by atoms with Crippen molar-refractivity contribution >= 4 is 11.6 Å². The standard InChI is InChI=1S/C14H15N3O/c15-10-14(7-12(18)8-14)11-3-4-13(16-9-11)17-5-1-2-6-17/h3-4,9H,1-2,5-8H2. The molecule has 4 nitrogen and oxygen atoms in total. The van der Waals surface area contributed by atoms with E-state index in [0.717, 1.165) is 24.5 Å². The van der Waals surface area contributed by atoms with Gasteiger partial charge in [-0.1, -0.05) is 6.07 Å². The van der Waals surface area contributed by atoms with Gasteiger partial charge in [-0.25, -0.2) is 4.98 Å². The van der Waals surface area contributed by atoms with Crippen molar-refractivity contribution in [3.8, 4) is 6.07 Å². The molecule has 1 saturated heterocycles. The molecule has 92 valence electrons. The number of rotatable bonds is 2. The molecule has 4 heteroatoms. The third-order valence-corrected chi connectivity index (χ3v) is 3.94. The van der Waals surface area contributed by atoms with Crippen LogP contribution in [0.25, 0.3) is 0 Å². The van der Waals surface area contributed by atoms with Crippen LogP contribution in [0.5, 0.6) is 0 Å². The van der Waals surface area contributed by atoms with Crippen LogP contribution in [-0.2, 0) is 10.2 Å². The summed E-state index contributed by atoms with van der Waals surface area (Å²) < 4.78 is 0. The number of ketones is 1. The number of nitrogens with zero attached hydrogens (tertiary/aromatic N) is 3. The van der Waals surface area contributed by atoms with Crippen LogP contribution < -0.4 is 4.90 Å². The Hall–Kier alpha value is -1.89. The molecule has 0 radical (unpaired) electrons. The summed E-state index contributed by atoms with van der Waals surface area (Å²) in [4.78, 5) is 17.8. The zero-order valence-corrected chi connectivity index (χ0v) is 10.2. The predicted molar refractivity (Wildman–Crippen MR) is 67.2 cm³/mol. The van der Waals surface area contributed by atoms with Crippen molar-refractivity contribution in [3.63, 3.8) is 0 Å². The van der Waals surface area contributed by atoms with Crippen molar-refractivity contribution in [2.45, 2.75) is 31.1 Å². The second-order valence-corrected chi connectivity index (χ2v) is 5.19. The summed E-state index contributed by atoms with van der Waals surface area (Å²) in [6.07, 6.45) is 4.89. The summed E-state index contributed by atoms with van der Waals surface area (Å²) in [6.45, 7) is 2.13. The number of carbonyl (C=O) groups is 1. The minimum absolute atomic E-state index is 0.167. The third-order valence-electron chi connectivity index (χ3n) is 3.94. The molecule has 18 heavy (non-hydrogen) atoms. The van der Waals surface area contributed by atoms with Crippen LogP contribution in [0.15, 0.2) is 18.3 Å². The number of carbonyl (C=O) groups excluding carboxylic acids is 1. The minimum Gasteiger partial charge on any atom is -0.357 e. The van der Waals surface area contributed by atoms with Crippen molar-refractivity contribution < 1.29 is 4.79 Å². The molecule has 0 amide bonds. The first-order valence-corrected chi connectivity index (χ1v) is 6.38. The highest BCUT2D eigenvalue weighted by atomic mass is 16.1. The monoisotopic (exact) mass is 241 g/mol. The van der Waals surface area contributed by atoms with E-state index < -0.39 is 5.41 Å². The zero-order chi connectivity index (χ0) is 12.6. The lowest BCUT2D eigenvalue weighted by atomic mass is 9.65. The average molecular weight is 241 g/mol. The molecule has 2 aliphatic rings. The first-order chi connectivity index (χ1) is 8.73. The smallest absolute Gasteiger partial charge is 0.136 e. The molecule has 0 atom stereocenters. The third kappa shape index (κ3) is 1.67. The largest absolute Gasteiger partial charge is 0.357 e. The Labute approximate surface area is 106 Å². The quantitative estimate of drug-likeness (QED) is 0.792. The van der Waals surface area contributed by atoms with Crippen LogP contribution in [-0.4, -0.2) is 23.9 Å². The topological polar surface area (TPSA) is 57.0 Å². The van der Waals surface area contributed by atoms with Crippen LogP contribution >= 0.6 is 0 Å². The van der Waals surface area contributed by atoms with E-state index in [1.165, 1.54) is 12.8 Å². The second kappa shape index (κ2) is 4.09. The lowest BCUT2D eigenvalue weighted by Gasteiger charge is -2.33.